The Morgan fingerprint density at radius 1 is 1.10 bits per heavy atom. The van der Waals surface area contributed by atoms with Gasteiger partial charge in [0, 0.05) is 24.9 Å². The smallest absolute Gasteiger partial charge is 0.240 e. The summed E-state index contributed by atoms with van der Waals surface area (Å²) < 4.78 is 37.7. The summed E-state index contributed by atoms with van der Waals surface area (Å²) >= 11 is 0. The Morgan fingerprint density at radius 2 is 1.93 bits per heavy atom. The third-order valence-corrected chi connectivity index (χ3v) is 5.01. The van der Waals surface area contributed by atoms with Crippen LogP contribution in [0.1, 0.15) is 30.1 Å². The third kappa shape index (κ3) is 5.60. The van der Waals surface area contributed by atoms with Crippen molar-refractivity contribution in [2.24, 2.45) is 5.92 Å². The van der Waals surface area contributed by atoms with E-state index in [1.165, 1.54) is 24.3 Å². The first-order chi connectivity index (χ1) is 14.1. The van der Waals surface area contributed by atoms with Crippen molar-refractivity contribution in [3.63, 3.8) is 0 Å². The Balaban J connectivity index is 1.28. The second kappa shape index (κ2) is 9.13. The lowest BCUT2D eigenvalue weighted by Gasteiger charge is -2.31. The van der Waals surface area contributed by atoms with Gasteiger partial charge in [-0.2, -0.15) is 4.98 Å². The van der Waals surface area contributed by atoms with Gasteiger partial charge in [0.15, 0.2) is 5.82 Å². The molecule has 0 bridgehead atoms. The van der Waals surface area contributed by atoms with E-state index in [4.69, 9.17) is 9.26 Å². The lowest BCUT2D eigenvalue weighted by Crippen LogP contribution is -2.37. The SMILES string of the molecule is Fc1cccc(Cc2noc(CN3CCCC(COc4cccc(F)c4)C3)n2)c1. The van der Waals surface area contributed by atoms with Gasteiger partial charge in [-0.25, -0.2) is 8.78 Å². The van der Waals surface area contributed by atoms with Crippen LogP contribution in [-0.2, 0) is 13.0 Å². The van der Waals surface area contributed by atoms with E-state index in [2.05, 4.69) is 15.0 Å². The number of halogens is 2. The molecule has 0 spiro atoms. The molecular formula is C22H23F2N3O2. The zero-order valence-corrected chi connectivity index (χ0v) is 16.1. The standard InChI is InChI=1S/C22H23F2N3O2/c23-18-6-1-4-16(10-18)11-21-25-22(29-26-21)14-27-9-3-5-17(13-27)15-28-20-8-2-7-19(24)12-20/h1-2,4,6-8,10,12,17H,3,5,9,11,13-15H2. The summed E-state index contributed by atoms with van der Waals surface area (Å²) in [7, 11) is 0. The molecule has 4 rings (SSSR count). The molecule has 0 aliphatic carbocycles. The van der Waals surface area contributed by atoms with Gasteiger partial charge in [0.1, 0.15) is 17.4 Å². The molecule has 0 radical (unpaired) electrons. The highest BCUT2D eigenvalue weighted by Gasteiger charge is 2.22. The molecule has 7 heteroatoms. The lowest BCUT2D eigenvalue weighted by atomic mass is 9.99. The van der Waals surface area contributed by atoms with Gasteiger partial charge >= 0.3 is 0 Å². The maximum atomic E-state index is 13.3. The van der Waals surface area contributed by atoms with E-state index in [9.17, 15) is 8.78 Å². The summed E-state index contributed by atoms with van der Waals surface area (Å²) in [6, 6.07) is 12.6. The third-order valence-electron chi connectivity index (χ3n) is 5.01. The van der Waals surface area contributed by atoms with E-state index in [0.29, 0.717) is 43.0 Å². The molecule has 0 saturated carbocycles. The van der Waals surface area contributed by atoms with E-state index in [1.807, 2.05) is 6.07 Å². The van der Waals surface area contributed by atoms with Gasteiger partial charge in [0.25, 0.3) is 0 Å². The largest absolute Gasteiger partial charge is 0.493 e. The number of likely N-dealkylation sites (tertiary alicyclic amines) is 1. The average Bonchev–Trinajstić information content (AvgIpc) is 3.13. The average molecular weight is 399 g/mol. The Hall–Kier alpha value is -2.80. The number of piperidine rings is 1. The van der Waals surface area contributed by atoms with Crippen molar-refractivity contribution in [2.45, 2.75) is 25.8 Å². The summed E-state index contributed by atoms with van der Waals surface area (Å²) in [6.45, 7) is 2.94. The molecule has 3 aromatic rings. The van der Waals surface area contributed by atoms with Crippen LogP contribution in [0.2, 0.25) is 0 Å². The zero-order chi connectivity index (χ0) is 20.1. The highest BCUT2D eigenvalue weighted by molar-refractivity contribution is 5.22. The van der Waals surface area contributed by atoms with Crippen LogP contribution < -0.4 is 4.74 Å². The lowest BCUT2D eigenvalue weighted by molar-refractivity contribution is 0.115. The van der Waals surface area contributed by atoms with E-state index in [-0.39, 0.29) is 11.6 Å². The maximum Gasteiger partial charge on any atom is 0.240 e. The topological polar surface area (TPSA) is 51.4 Å². The summed E-state index contributed by atoms with van der Waals surface area (Å²) in [5.41, 5.74) is 0.810. The minimum absolute atomic E-state index is 0.272. The van der Waals surface area contributed by atoms with Crippen LogP contribution in [0.5, 0.6) is 5.75 Å². The Bertz CT molecular complexity index is 947. The molecule has 1 saturated heterocycles. The highest BCUT2D eigenvalue weighted by Crippen LogP contribution is 2.21. The minimum Gasteiger partial charge on any atom is -0.493 e. The van der Waals surface area contributed by atoms with Gasteiger partial charge in [0.2, 0.25) is 5.89 Å². The number of ether oxygens (including phenoxy) is 1. The molecule has 1 aliphatic heterocycles. The first kappa shape index (κ1) is 19.5. The molecular weight excluding hydrogens is 376 g/mol. The van der Waals surface area contributed by atoms with Crippen molar-refractivity contribution in [1.29, 1.82) is 0 Å². The van der Waals surface area contributed by atoms with E-state index >= 15 is 0 Å². The number of benzene rings is 2. The van der Waals surface area contributed by atoms with Gasteiger partial charge in [0.05, 0.1) is 13.2 Å². The molecule has 1 fully saturated rings. The van der Waals surface area contributed by atoms with Crippen molar-refractivity contribution in [1.82, 2.24) is 15.0 Å². The quantitative estimate of drug-likeness (QED) is 0.595. The van der Waals surface area contributed by atoms with Crippen molar-refractivity contribution in [2.75, 3.05) is 19.7 Å². The van der Waals surface area contributed by atoms with Gasteiger partial charge < -0.3 is 9.26 Å². The fourth-order valence-corrected chi connectivity index (χ4v) is 3.65. The van der Waals surface area contributed by atoms with E-state index < -0.39 is 0 Å². The van der Waals surface area contributed by atoms with Gasteiger partial charge in [-0.1, -0.05) is 23.4 Å². The maximum absolute atomic E-state index is 13.3. The van der Waals surface area contributed by atoms with Crippen molar-refractivity contribution < 1.29 is 18.0 Å². The fourth-order valence-electron chi connectivity index (χ4n) is 3.65. The number of rotatable bonds is 7. The number of nitrogens with zero attached hydrogens (tertiary/aromatic N) is 3. The van der Waals surface area contributed by atoms with Crippen molar-refractivity contribution in [3.05, 3.63) is 77.4 Å². The second-order valence-corrected chi connectivity index (χ2v) is 7.42. The molecule has 152 valence electrons. The van der Waals surface area contributed by atoms with Crippen LogP contribution in [-0.4, -0.2) is 34.7 Å². The highest BCUT2D eigenvalue weighted by atomic mass is 19.1. The summed E-state index contributed by atoms with van der Waals surface area (Å²) in [4.78, 5) is 6.71. The monoisotopic (exact) mass is 399 g/mol. The molecule has 2 aromatic carbocycles. The van der Waals surface area contributed by atoms with Crippen LogP contribution in [0, 0.1) is 17.6 Å². The first-order valence-electron chi connectivity index (χ1n) is 9.81. The predicted molar refractivity (Wildman–Crippen MR) is 103 cm³/mol. The minimum atomic E-state index is -0.293. The van der Waals surface area contributed by atoms with Gasteiger partial charge in [-0.3, -0.25) is 4.90 Å². The summed E-state index contributed by atoms with van der Waals surface area (Å²) in [6.07, 6.45) is 2.56. The van der Waals surface area contributed by atoms with Crippen molar-refractivity contribution in [3.8, 4) is 5.75 Å². The molecule has 1 aromatic heterocycles. The van der Waals surface area contributed by atoms with Crippen molar-refractivity contribution >= 4 is 0 Å². The number of aromatic nitrogens is 2. The zero-order valence-electron chi connectivity index (χ0n) is 16.1. The molecule has 0 N–H and O–H groups in total. The summed E-state index contributed by atoms with van der Waals surface area (Å²) in [5.74, 6) is 1.46. The number of hydrogen-bond acceptors (Lipinski definition) is 5. The molecule has 1 unspecified atom stereocenters. The molecule has 1 aliphatic rings. The van der Waals surface area contributed by atoms with E-state index in [0.717, 1.165) is 31.5 Å². The Labute approximate surface area is 168 Å². The van der Waals surface area contributed by atoms with Crippen LogP contribution in [0.4, 0.5) is 8.78 Å². The van der Waals surface area contributed by atoms with Crippen LogP contribution >= 0.6 is 0 Å². The van der Waals surface area contributed by atoms with Gasteiger partial charge in [-0.05, 0) is 49.2 Å². The molecule has 29 heavy (non-hydrogen) atoms. The van der Waals surface area contributed by atoms with Crippen LogP contribution in [0.25, 0.3) is 0 Å². The summed E-state index contributed by atoms with van der Waals surface area (Å²) in [5, 5.41) is 4.01. The normalized spacial score (nSPS) is 17.4. The molecule has 5 nitrogen and oxygen atoms in total. The molecule has 1 atom stereocenters. The second-order valence-electron chi connectivity index (χ2n) is 7.42. The van der Waals surface area contributed by atoms with E-state index in [1.54, 1.807) is 18.2 Å². The van der Waals surface area contributed by atoms with Crippen LogP contribution in [0.15, 0.2) is 53.1 Å². The fraction of sp³-hybridized carbons (Fsp3) is 0.364. The Kier molecular flexibility index (Phi) is 6.14. The number of hydrogen-bond donors (Lipinski definition) is 0. The molecule has 2 heterocycles. The van der Waals surface area contributed by atoms with Crippen LogP contribution in [0.3, 0.4) is 0 Å². The Morgan fingerprint density at radius 3 is 2.76 bits per heavy atom. The predicted octanol–water partition coefficient (Wildman–Crippen LogP) is 4.23. The first-order valence-corrected chi connectivity index (χ1v) is 9.81. The van der Waals surface area contributed by atoms with Gasteiger partial charge in [-0.15, -0.1) is 0 Å². The molecule has 0 amide bonds.